The zero-order chi connectivity index (χ0) is 21.6. The number of fused-ring (bicyclic) bond motifs is 2. The molecule has 162 valence electrons. The Labute approximate surface area is 184 Å². The molecule has 2 aromatic carbocycles. The normalized spacial score (nSPS) is 13.4. The molecule has 1 aromatic heterocycles. The highest BCUT2D eigenvalue weighted by Crippen LogP contribution is 2.32. The quantitative estimate of drug-likeness (QED) is 0.391. The molecule has 2 heterocycles. The summed E-state index contributed by atoms with van der Waals surface area (Å²) < 4.78 is 24.8. The second-order valence-corrected chi connectivity index (χ2v) is 7.70. The van der Waals surface area contributed by atoms with Gasteiger partial charge in [0.2, 0.25) is 6.79 Å². The lowest BCUT2D eigenvalue weighted by atomic mass is 10.2. The third-order valence-electron chi connectivity index (χ3n) is 4.65. The first-order chi connectivity index (χ1) is 15.2. The van der Waals surface area contributed by atoms with E-state index in [1.807, 2.05) is 54.8 Å². The molecule has 0 saturated heterocycles. The van der Waals surface area contributed by atoms with Crippen molar-refractivity contribution in [2.45, 2.75) is 20.4 Å². The standard InChI is InChI=1S/C23H24N2O5S/c1-3-27-12-11-25-18-8-7-17(28-4-2)14-21(18)31-23(25)24-22(26)10-6-16-5-9-19-20(13-16)30-15-29-19/h5-10,13-14H,3-4,11-12,15H2,1-2H3/b10-6-,24-23?. The number of benzene rings is 2. The van der Waals surface area contributed by atoms with E-state index in [2.05, 4.69) is 4.99 Å². The molecule has 1 aliphatic rings. The van der Waals surface area contributed by atoms with Gasteiger partial charge in [0.05, 0.1) is 23.4 Å². The molecule has 4 rings (SSSR count). The molecular weight excluding hydrogens is 416 g/mol. The minimum Gasteiger partial charge on any atom is -0.494 e. The van der Waals surface area contributed by atoms with Crippen molar-refractivity contribution in [3.63, 3.8) is 0 Å². The van der Waals surface area contributed by atoms with E-state index in [-0.39, 0.29) is 12.7 Å². The summed E-state index contributed by atoms with van der Waals surface area (Å²) in [6.45, 7) is 6.52. The van der Waals surface area contributed by atoms with Crippen LogP contribution in [0, 0.1) is 0 Å². The van der Waals surface area contributed by atoms with E-state index in [9.17, 15) is 4.79 Å². The summed E-state index contributed by atoms with van der Waals surface area (Å²) in [7, 11) is 0. The maximum Gasteiger partial charge on any atom is 0.272 e. The Morgan fingerprint density at radius 3 is 2.87 bits per heavy atom. The van der Waals surface area contributed by atoms with E-state index in [0.29, 0.717) is 42.7 Å². The lowest BCUT2D eigenvalue weighted by Crippen LogP contribution is -2.19. The van der Waals surface area contributed by atoms with Gasteiger partial charge in [-0.3, -0.25) is 4.79 Å². The Bertz CT molecular complexity index is 1180. The molecule has 7 nitrogen and oxygen atoms in total. The molecule has 8 heteroatoms. The average molecular weight is 441 g/mol. The van der Waals surface area contributed by atoms with E-state index in [4.69, 9.17) is 18.9 Å². The van der Waals surface area contributed by atoms with Crippen molar-refractivity contribution in [1.29, 1.82) is 0 Å². The van der Waals surface area contributed by atoms with E-state index >= 15 is 0 Å². The molecule has 0 aliphatic carbocycles. The van der Waals surface area contributed by atoms with Crippen LogP contribution in [0.15, 0.2) is 47.5 Å². The number of rotatable bonds is 8. The predicted octanol–water partition coefficient (Wildman–Crippen LogP) is 4.01. The van der Waals surface area contributed by atoms with Crippen LogP contribution >= 0.6 is 11.3 Å². The van der Waals surface area contributed by atoms with Gasteiger partial charge in [-0.1, -0.05) is 17.4 Å². The van der Waals surface area contributed by atoms with Gasteiger partial charge >= 0.3 is 0 Å². The smallest absolute Gasteiger partial charge is 0.272 e. The van der Waals surface area contributed by atoms with E-state index in [0.717, 1.165) is 21.5 Å². The highest BCUT2D eigenvalue weighted by molar-refractivity contribution is 7.16. The molecule has 31 heavy (non-hydrogen) atoms. The van der Waals surface area contributed by atoms with Crippen molar-refractivity contribution < 1.29 is 23.7 Å². The maximum atomic E-state index is 12.6. The minimum absolute atomic E-state index is 0.218. The third kappa shape index (κ3) is 4.98. The molecule has 0 radical (unpaired) electrons. The monoisotopic (exact) mass is 440 g/mol. The summed E-state index contributed by atoms with van der Waals surface area (Å²) in [6, 6.07) is 11.4. The third-order valence-corrected chi connectivity index (χ3v) is 5.69. The summed E-state index contributed by atoms with van der Waals surface area (Å²) in [4.78, 5) is 17.5. The summed E-state index contributed by atoms with van der Waals surface area (Å²) in [5.41, 5.74) is 1.84. The molecular formula is C23H24N2O5S. The van der Waals surface area contributed by atoms with Crippen LogP contribution in [0.1, 0.15) is 19.4 Å². The molecule has 0 fully saturated rings. The van der Waals surface area contributed by atoms with Gasteiger partial charge in [-0.05, 0) is 55.8 Å². The number of carbonyl (C=O) groups excluding carboxylic acids is 1. The van der Waals surface area contributed by atoms with Gasteiger partial charge in [0, 0.05) is 19.2 Å². The Balaban J connectivity index is 1.62. The summed E-state index contributed by atoms with van der Waals surface area (Å²) in [5, 5.41) is 0. The van der Waals surface area contributed by atoms with Crippen LogP contribution in [-0.2, 0) is 16.1 Å². The van der Waals surface area contributed by atoms with E-state index in [1.165, 1.54) is 17.4 Å². The summed E-state index contributed by atoms with van der Waals surface area (Å²) in [6.07, 6.45) is 3.18. The van der Waals surface area contributed by atoms with Crippen molar-refractivity contribution >= 4 is 33.5 Å². The zero-order valence-electron chi connectivity index (χ0n) is 17.5. The van der Waals surface area contributed by atoms with Crippen LogP contribution in [0.4, 0.5) is 0 Å². The van der Waals surface area contributed by atoms with Gasteiger partial charge in [0.15, 0.2) is 16.3 Å². The molecule has 0 N–H and O–H groups in total. The first kappa shape index (κ1) is 21.1. The van der Waals surface area contributed by atoms with Crippen LogP contribution in [0.25, 0.3) is 16.3 Å². The minimum atomic E-state index is -0.334. The summed E-state index contributed by atoms with van der Waals surface area (Å²) in [5.74, 6) is 1.85. The molecule has 1 aliphatic heterocycles. The van der Waals surface area contributed by atoms with Crippen LogP contribution < -0.4 is 19.0 Å². The van der Waals surface area contributed by atoms with Gasteiger partial charge < -0.3 is 23.5 Å². The fourth-order valence-electron chi connectivity index (χ4n) is 3.23. The van der Waals surface area contributed by atoms with Crippen LogP contribution in [0.2, 0.25) is 0 Å². The molecule has 0 unspecified atom stereocenters. The number of amides is 1. The second-order valence-electron chi connectivity index (χ2n) is 6.69. The van der Waals surface area contributed by atoms with Crippen molar-refractivity contribution in [3.8, 4) is 17.2 Å². The van der Waals surface area contributed by atoms with Crippen LogP contribution in [0.5, 0.6) is 17.2 Å². The zero-order valence-corrected chi connectivity index (χ0v) is 18.3. The second kappa shape index (κ2) is 9.80. The van der Waals surface area contributed by atoms with Crippen molar-refractivity contribution in [2.24, 2.45) is 4.99 Å². The molecule has 0 saturated carbocycles. The maximum absolute atomic E-state index is 12.6. The SMILES string of the molecule is CCOCCn1c(=NC(=O)/C=C\c2ccc3c(c2)OCO3)sc2cc(OCC)ccc21. The lowest BCUT2D eigenvalue weighted by molar-refractivity contribution is -0.113. The van der Waals surface area contributed by atoms with Gasteiger partial charge in [-0.15, -0.1) is 0 Å². The number of carbonyl (C=O) groups is 1. The highest BCUT2D eigenvalue weighted by Gasteiger charge is 2.12. The number of thiazole rings is 1. The number of ether oxygens (including phenoxy) is 4. The first-order valence-electron chi connectivity index (χ1n) is 10.2. The van der Waals surface area contributed by atoms with Gasteiger partial charge in [0.25, 0.3) is 5.91 Å². The van der Waals surface area contributed by atoms with Crippen molar-refractivity contribution in [1.82, 2.24) is 4.57 Å². The Kier molecular flexibility index (Phi) is 6.69. The molecule has 0 atom stereocenters. The van der Waals surface area contributed by atoms with Gasteiger partial charge in [0.1, 0.15) is 5.75 Å². The summed E-state index contributed by atoms with van der Waals surface area (Å²) >= 11 is 1.46. The fraction of sp³-hybridized carbons (Fsp3) is 0.304. The topological polar surface area (TPSA) is 71.3 Å². The number of aromatic nitrogens is 1. The Morgan fingerprint density at radius 1 is 1.16 bits per heavy atom. The van der Waals surface area contributed by atoms with Crippen LogP contribution in [-0.4, -0.2) is 37.1 Å². The largest absolute Gasteiger partial charge is 0.494 e. The van der Waals surface area contributed by atoms with Crippen molar-refractivity contribution in [3.05, 3.63) is 52.8 Å². The fourth-order valence-corrected chi connectivity index (χ4v) is 4.32. The highest BCUT2D eigenvalue weighted by atomic mass is 32.1. The van der Waals surface area contributed by atoms with E-state index in [1.54, 1.807) is 6.08 Å². The Morgan fingerprint density at radius 2 is 2.03 bits per heavy atom. The predicted molar refractivity (Wildman–Crippen MR) is 120 cm³/mol. The van der Waals surface area contributed by atoms with E-state index < -0.39 is 0 Å². The Hall–Kier alpha value is -3.10. The first-order valence-corrected chi connectivity index (χ1v) is 11.0. The van der Waals surface area contributed by atoms with Crippen LogP contribution in [0.3, 0.4) is 0 Å². The number of hydrogen-bond donors (Lipinski definition) is 0. The molecule has 1 amide bonds. The van der Waals surface area contributed by atoms with Gasteiger partial charge in [-0.25, -0.2) is 0 Å². The number of nitrogens with zero attached hydrogens (tertiary/aromatic N) is 2. The average Bonchev–Trinajstić information content (AvgIpc) is 3.36. The number of hydrogen-bond acceptors (Lipinski definition) is 6. The van der Waals surface area contributed by atoms with Crippen molar-refractivity contribution in [2.75, 3.05) is 26.6 Å². The lowest BCUT2D eigenvalue weighted by Gasteiger charge is -2.06. The molecule has 0 spiro atoms. The molecule has 0 bridgehead atoms. The molecule has 3 aromatic rings. The van der Waals surface area contributed by atoms with Gasteiger partial charge in [-0.2, -0.15) is 4.99 Å².